The van der Waals surface area contributed by atoms with Gasteiger partial charge in [-0.3, -0.25) is 4.57 Å². The highest BCUT2D eigenvalue weighted by atomic mass is 32.1. The number of hydrogen-bond donors (Lipinski definition) is 1. The summed E-state index contributed by atoms with van der Waals surface area (Å²) in [4.78, 5) is 18.7. The van der Waals surface area contributed by atoms with Gasteiger partial charge in [0.15, 0.2) is 5.69 Å². The maximum Gasteiger partial charge on any atom is 0.356 e. The molecule has 1 N–H and O–H groups in total. The smallest absolute Gasteiger partial charge is 0.356 e. The first kappa shape index (κ1) is 10.7. The minimum atomic E-state index is -1.05. The number of imidazole rings is 1. The van der Waals surface area contributed by atoms with E-state index >= 15 is 0 Å². The molecule has 16 heavy (non-hydrogen) atoms. The van der Waals surface area contributed by atoms with E-state index in [1.165, 1.54) is 24.1 Å². The molecule has 0 saturated heterocycles. The fourth-order valence-corrected chi connectivity index (χ4v) is 1.86. The van der Waals surface area contributed by atoms with Gasteiger partial charge in [-0.15, -0.1) is 0 Å². The van der Waals surface area contributed by atoms with E-state index in [1.807, 2.05) is 13.8 Å². The van der Waals surface area contributed by atoms with Crippen LogP contribution < -0.4 is 0 Å². The molecule has 84 valence electrons. The summed E-state index contributed by atoms with van der Waals surface area (Å²) in [5.41, 5.74) is 0.00120. The van der Waals surface area contributed by atoms with Gasteiger partial charge in [-0.05, 0) is 0 Å². The van der Waals surface area contributed by atoms with E-state index in [0.717, 1.165) is 5.82 Å². The predicted octanol–water partition coefficient (Wildman–Crippen LogP) is 1.55. The Bertz CT molecular complexity index is 517. The summed E-state index contributed by atoms with van der Waals surface area (Å²) in [6.07, 6.45) is 2.85. The second kappa shape index (κ2) is 4.01. The zero-order valence-electron chi connectivity index (χ0n) is 8.78. The Morgan fingerprint density at radius 2 is 2.31 bits per heavy atom. The molecule has 0 radical (unpaired) electrons. The second-order valence-electron chi connectivity index (χ2n) is 3.56. The lowest BCUT2D eigenvalue weighted by atomic mass is 10.2. The molecule has 2 heterocycles. The highest BCUT2D eigenvalue weighted by molar-refractivity contribution is 7.08. The topological polar surface area (TPSA) is 80.9 Å². The predicted molar refractivity (Wildman–Crippen MR) is 58.1 cm³/mol. The zero-order chi connectivity index (χ0) is 11.7. The van der Waals surface area contributed by atoms with Crippen LogP contribution in [0, 0.1) is 0 Å². The first-order valence-electron chi connectivity index (χ1n) is 4.69. The molecule has 0 amide bonds. The minimum Gasteiger partial charge on any atom is -0.476 e. The molecule has 6 nitrogen and oxygen atoms in total. The Hall–Kier alpha value is -1.76. The molecule has 2 rings (SSSR count). The van der Waals surface area contributed by atoms with Gasteiger partial charge in [0.1, 0.15) is 12.2 Å². The van der Waals surface area contributed by atoms with Gasteiger partial charge in [0.2, 0.25) is 5.13 Å². The number of aromatic nitrogens is 4. The van der Waals surface area contributed by atoms with E-state index in [0.29, 0.717) is 5.13 Å². The lowest BCUT2D eigenvalue weighted by Crippen LogP contribution is -1.96. The van der Waals surface area contributed by atoms with Crippen LogP contribution in [0.1, 0.15) is 36.1 Å². The van der Waals surface area contributed by atoms with Crippen LogP contribution in [0.15, 0.2) is 12.5 Å². The van der Waals surface area contributed by atoms with Gasteiger partial charge in [-0.25, -0.2) is 14.8 Å². The molecule has 0 spiro atoms. The summed E-state index contributed by atoms with van der Waals surface area (Å²) < 4.78 is 5.74. The van der Waals surface area contributed by atoms with E-state index in [1.54, 1.807) is 4.57 Å². The monoisotopic (exact) mass is 238 g/mol. The molecule has 0 fully saturated rings. The number of carboxylic acid groups (broad SMARTS) is 1. The van der Waals surface area contributed by atoms with Crippen molar-refractivity contribution in [1.82, 2.24) is 18.9 Å². The molecule has 0 unspecified atom stereocenters. The van der Waals surface area contributed by atoms with Crippen LogP contribution in [-0.4, -0.2) is 30.0 Å². The van der Waals surface area contributed by atoms with Gasteiger partial charge in [-0.2, -0.15) is 4.37 Å². The number of nitrogens with zero attached hydrogens (tertiary/aromatic N) is 4. The Morgan fingerprint density at radius 3 is 2.81 bits per heavy atom. The Morgan fingerprint density at radius 1 is 1.56 bits per heavy atom. The average Bonchev–Trinajstić information content (AvgIpc) is 2.86. The number of carboxylic acids is 1. The maximum absolute atomic E-state index is 10.7. The zero-order valence-corrected chi connectivity index (χ0v) is 9.60. The van der Waals surface area contributed by atoms with Gasteiger partial charge in [-0.1, -0.05) is 13.8 Å². The fraction of sp³-hybridized carbons (Fsp3) is 0.333. The lowest BCUT2D eigenvalue weighted by Gasteiger charge is -1.95. The fourth-order valence-electron chi connectivity index (χ4n) is 1.10. The van der Waals surface area contributed by atoms with E-state index < -0.39 is 5.97 Å². The number of aromatic carboxylic acids is 1. The SMILES string of the molecule is CC(C)c1nsc(-n2cnc(C(=O)O)c2)n1. The Labute approximate surface area is 95.8 Å². The molecule has 0 aromatic carbocycles. The van der Waals surface area contributed by atoms with E-state index in [2.05, 4.69) is 14.3 Å². The minimum absolute atomic E-state index is 0.00120. The number of hydrogen-bond acceptors (Lipinski definition) is 5. The highest BCUT2D eigenvalue weighted by Crippen LogP contribution is 2.16. The third-order valence-corrected chi connectivity index (χ3v) is 2.71. The van der Waals surface area contributed by atoms with Crippen molar-refractivity contribution in [1.29, 1.82) is 0 Å². The van der Waals surface area contributed by atoms with Crippen LogP contribution in [0.4, 0.5) is 0 Å². The van der Waals surface area contributed by atoms with E-state index in [9.17, 15) is 4.79 Å². The largest absolute Gasteiger partial charge is 0.476 e. The normalized spacial score (nSPS) is 10.9. The van der Waals surface area contributed by atoms with E-state index in [-0.39, 0.29) is 11.6 Å². The van der Waals surface area contributed by atoms with Crippen LogP contribution in [0.5, 0.6) is 0 Å². The van der Waals surface area contributed by atoms with Crippen LogP contribution in [-0.2, 0) is 0 Å². The molecule has 7 heteroatoms. The quantitative estimate of drug-likeness (QED) is 0.877. The van der Waals surface area contributed by atoms with Crippen molar-refractivity contribution in [2.45, 2.75) is 19.8 Å². The van der Waals surface area contributed by atoms with Gasteiger partial charge >= 0.3 is 5.97 Å². The summed E-state index contributed by atoms with van der Waals surface area (Å²) in [7, 11) is 0. The third-order valence-electron chi connectivity index (χ3n) is 1.97. The van der Waals surface area contributed by atoms with Gasteiger partial charge < -0.3 is 5.11 Å². The van der Waals surface area contributed by atoms with Crippen molar-refractivity contribution in [2.24, 2.45) is 0 Å². The van der Waals surface area contributed by atoms with Gasteiger partial charge in [0.25, 0.3) is 0 Å². The van der Waals surface area contributed by atoms with Crippen LogP contribution in [0.25, 0.3) is 5.13 Å². The molecule has 0 bridgehead atoms. The second-order valence-corrected chi connectivity index (χ2v) is 4.29. The molecular formula is C9H10N4O2S. The third kappa shape index (κ3) is 1.94. The number of rotatable bonds is 3. The lowest BCUT2D eigenvalue weighted by molar-refractivity contribution is 0.0691. The van der Waals surface area contributed by atoms with Crippen molar-refractivity contribution in [2.75, 3.05) is 0 Å². The molecule has 0 saturated carbocycles. The standard InChI is InChI=1S/C9H10N4O2S/c1-5(2)7-11-9(16-12-7)13-3-6(8(14)15)10-4-13/h3-5H,1-2H3,(H,14,15). The summed E-state index contributed by atoms with van der Waals surface area (Å²) >= 11 is 1.22. The summed E-state index contributed by atoms with van der Waals surface area (Å²) in [6.45, 7) is 4.00. The first-order chi connectivity index (χ1) is 7.58. The molecule has 2 aromatic rings. The molecule has 0 aliphatic rings. The van der Waals surface area contributed by atoms with Crippen LogP contribution in [0.3, 0.4) is 0 Å². The van der Waals surface area contributed by atoms with Crippen molar-refractivity contribution in [3.8, 4) is 5.13 Å². The summed E-state index contributed by atoms with van der Waals surface area (Å²) in [5.74, 6) is -0.0367. The first-order valence-corrected chi connectivity index (χ1v) is 5.46. The molecule has 0 atom stereocenters. The molecular weight excluding hydrogens is 228 g/mol. The Balaban J connectivity index is 2.31. The average molecular weight is 238 g/mol. The summed E-state index contributed by atoms with van der Waals surface area (Å²) in [6, 6.07) is 0. The van der Waals surface area contributed by atoms with Crippen molar-refractivity contribution < 1.29 is 9.90 Å². The van der Waals surface area contributed by atoms with Crippen LogP contribution >= 0.6 is 11.5 Å². The Kier molecular flexibility index (Phi) is 2.69. The van der Waals surface area contributed by atoms with Crippen molar-refractivity contribution in [3.05, 3.63) is 24.0 Å². The highest BCUT2D eigenvalue weighted by Gasteiger charge is 2.12. The van der Waals surface area contributed by atoms with Gasteiger partial charge in [0.05, 0.1) is 0 Å². The van der Waals surface area contributed by atoms with Crippen LogP contribution in [0.2, 0.25) is 0 Å². The van der Waals surface area contributed by atoms with E-state index in [4.69, 9.17) is 5.11 Å². The molecule has 0 aliphatic heterocycles. The summed E-state index contributed by atoms with van der Waals surface area (Å²) in [5, 5.41) is 9.36. The van der Waals surface area contributed by atoms with Gasteiger partial charge in [0, 0.05) is 23.6 Å². The number of carbonyl (C=O) groups is 1. The molecule has 2 aromatic heterocycles. The maximum atomic E-state index is 10.7. The van der Waals surface area contributed by atoms with Crippen molar-refractivity contribution >= 4 is 17.5 Å². The molecule has 0 aliphatic carbocycles. The van der Waals surface area contributed by atoms with Crippen molar-refractivity contribution in [3.63, 3.8) is 0 Å².